The molecule has 1 fully saturated rings. The Morgan fingerprint density at radius 1 is 1.32 bits per heavy atom. The molecule has 2 unspecified atom stereocenters. The maximum Gasteiger partial charge on any atom is 0.0859 e. The fraction of sp³-hybridized carbons (Fsp3) is 0.846. The average molecular weight is 298 g/mol. The van der Waals surface area contributed by atoms with Gasteiger partial charge in [-0.05, 0) is 46.1 Å². The molecule has 0 radical (unpaired) electrons. The van der Waals surface area contributed by atoms with E-state index in [0.717, 1.165) is 31.4 Å². The molecule has 19 heavy (non-hydrogen) atoms. The Bertz CT molecular complexity index is 501. The van der Waals surface area contributed by atoms with Gasteiger partial charge < -0.3 is 5.73 Å². The molecular formula is C13H22N4S2. The van der Waals surface area contributed by atoms with Crippen LogP contribution in [0.4, 0.5) is 0 Å². The highest BCUT2D eigenvalue weighted by Gasteiger charge is 2.71. The molecule has 1 aromatic heterocycles. The van der Waals surface area contributed by atoms with Gasteiger partial charge in [-0.25, -0.2) is 4.68 Å². The van der Waals surface area contributed by atoms with Crippen molar-refractivity contribution in [2.75, 3.05) is 6.54 Å². The van der Waals surface area contributed by atoms with Gasteiger partial charge in [0.25, 0.3) is 0 Å². The van der Waals surface area contributed by atoms with Crippen molar-refractivity contribution in [1.82, 2.24) is 15.0 Å². The normalized spacial score (nSPS) is 37.5. The molecule has 1 heterocycles. The van der Waals surface area contributed by atoms with Crippen LogP contribution in [0.1, 0.15) is 44.1 Å². The van der Waals surface area contributed by atoms with Gasteiger partial charge in [-0.1, -0.05) is 5.21 Å². The first-order valence-corrected chi connectivity index (χ1v) is 7.91. The Hall–Kier alpha value is -0.200. The molecule has 106 valence electrons. The Morgan fingerprint density at radius 3 is 2.53 bits per heavy atom. The second kappa shape index (κ2) is 4.40. The van der Waals surface area contributed by atoms with Crippen molar-refractivity contribution in [2.45, 2.75) is 55.1 Å². The molecule has 0 aromatic carbocycles. The zero-order valence-electron chi connectivity index (χ0n) is 11.5. The third kappa shape index (κ3) is 1.79. The van der Waals surface area contributed by atoms with Crippen LogP contribution in [0.15, 0.2) is 0 Å². The van der Waals surface area contributed by atoms with Gasteiger partial charge >= 0.3 is 0 Å². The first-order chi connectivity index (χ1) is 8.94. The van der Waals surface area contributed by atoms with E-state index in [1.54, 1.807) is 0 Å². The van der Waals surface area contributed by atoms with Gasteiger partial charge in [0.1, 0.15) is 0 Å². The van der Waals surface area contributed by atoms with Crippen LogP contribution in [0, 0.1) is 5.92 Å². The first-order valence-electron chi connectivity index (χ1n) is 7.02. The van der Waals surface area contributed by atoms with Crippen molar-refractivity contribution in [3.63, 3.8) is 0 Å². The van der Waals surface area contributed by atoms with Crippen molar-refractivity contribution in [2.24, 2.45) is 11.7 Å². The van der Waals surface area contributed by atoms with Gasteiger partial charge in [-0.3, -0.25) is 0 Å². The van der Waals surface area contributed by atoms with Gasteiger partial charge in [0, 0.05) is 21.5 Å². The Kier molecular flexibility index (Phi) is 3.19. The van der Waals surface area contributed by atoms with Crippen LogP contribution in [0.3, 0.4) is 0 Å². The van der Waals surface area contributed by atoms with Crippen molar-refractivity contribution in [3.8, 4) is 0 Å². The molecule has 2 aliphatic carbocycles. The second-order valence-corrected chi connectivity index (χ2v) is 7.75. The van der Waals surface area contributed by atoms with E-state index >= 15 is 0 Å². The van der Waals surface area contributed by atoms with Gasteiger partial charge in [-0.2, -0.15) is 25.3 Å². The minimum absolute atomic E-state index is 0.0192. The summed E-state index contributed by atoms with van der Waals surface area (Å²) in [6.45, 7) is 4.97. The number of hydrogen-bond acceptors (Lipinski definition) is 5. The number of hydrogen-bond donors (Lipinski definition) is 3. The van der Waals surface area contributed by atoms with Crippen molar-refractivity contribution >= 4 is 25.3 Å². The van der Waals surface area contributed by atoms with E-state index in [2.05, 4.69) is 28.8 Å². The predicted octanol–water partition coefficient (Wildman–Crippen LogP) is 1.66. The van der Waals surface area contributed by atoms with E-state index in [4.69, 9.17) is 31.0 Å². The van der Waals surface area contributed by atoms with E-state index in [-0.39, 0.29) is 9.49 Å². The summed E-state index contributed by atoms with van der Waals surface area (Å²) in [5.41, 5.74) is 8.31. The van der Waals surface area contributed by atoms with E-state index in [9.17, 15) is 0 Å². The number of rotatable bonds is 2. The highest BCUT2D eigenvalue weighted by Crippen LogP contribution is 2.67. The number of aromatic nitrogens is 3. The van der Waals surface area contributed by atoms with Crippen LogP contribution in [-0.2, 0) is 12.8 Å². The lowest BCUT2D eigenvalue weighted by atomic mass is 10.00. The van der Waals surface area contributed by atoms with Crippen molar-refractivity contribution < 1.29 is 0 Å². The lowest BCUT2D eigenvalue weighted by Gasteiger charge is -2.21. The highest BCUT2D eigenvalue weighted by molar-refractivity contribution is 7.87. The molecule has 3 rings (SSSR count). The molecule has 0 bridgehead atoms. The molecular weight excluding hydrogens is 276 g/mol. The number of aryl methyl sites for hydroxylation is 1. The zero-order valence-corrected chi connectivity index (χ0v) is 13.3. The molecule has 2 aliphatic rings. The lowest BCUT2D eigenvalue weighted by Crippen LogP contribution is -2.21. The number of nitrogens with zero attached hydrogens (tertiary/aromatic N) is 3. The summed E-state index contributed by atoms with van der Waals surface area (Å²) in [6.07, 6.45) is 3.91. The van der Waals surface area contributed by atoms with E-state index in [0.29, 0.717) is 18.5 Å². The summed E-state index contributed by atoms with van der Waals surface area (Å²) in [5, 5.41) is 8.66. The van der Waals surface area contributed by atoms with Gasteiger partial charge in [0.05, 0.1) is 11.4 Å². The fourth-order valence-electron chi connectivity index (χ4n) is 3.66. The summed E-state index contributed by atoms with van der Waals surface area (Å²) >= 11 is 9.82. The third-order valence-corrected chi connectivity index (χ3v) is 6.95. The summed E-state index contributed by atoms with van der Waals surface area (Å²) < 4.78 is 2.01. The first kappa shape index (κ1) is 13.8. The lowest BCUT2D eigenvalue weighted by molar-refractivity contribution is 0.486. The maximum absolute atomic E-state index is 5.89. The predicted molar refractivity (Wildman–Crippen MR) is 83.0 cm³/mol. The fourth-order valence-corrected chi connectivity index (χ4v) is 5.04. The van der Waals surface area contributed by atoms with Crippen LogP contribution in [0.5, 0.6) is 0 Å². The summed E-state index contributed by atoms with van der Waals surface area (Å²) in [5.74, 6) is 0.413. The van der Waals surface area contributed by atoms with Crippen molar-refractivity contribution in [3.05, 3.63) is 11.4 Å². The summed E-state index contributed by atoms with van der Waals surface area (Å²) in [7, 11) is 0. The third-order valence-electron chi connectivity index (χ3n) is 4.90. The summed E-state index contributed by atoms with van der Waals surface area (Å²) in [4.78, 5) is 0. The van der Waals surface area contributed by atoms with Crippen molar-refractivity contribution in [1.29, 1.82) is 0 Å². The van der Waals surface area contributed by atoms with Gasteiger partial charge in [0.2, 0.25) is 0 Å². The molecule has 2 N–H and O–H groups in total. The van der Waals surface area contributed by atoms with Crippen LogP contribution < -0.4 is 5.73 Å². The van der Waals surface area contributed by atoms with Crippen LogP contribution in [0.25, 0.3) is 0 Å². The minimum Gasteiger partial charge on any atom is -0.330 e. The van der Waals surface area contributed by atoms with Crippen LogP contribution >= 0.6 is 25.3 Å². The average Bonchev–Trinajstić information content (AvgIpc) is 2.69. The van der Waals surface area contributed by atoms with E-state index in [1.807, 2.05) is 0 Å². The molecule has 6 heteroatoms. The molecule has 3 atom stereocenters. The second-order valence-electron chi connectivity index (χ2n) is 6.16. The standard InChI is InChI=1S/C13H22N4S2/c1-8(2)17-10-4-6-13(19)11(7-14)12(13,18)5-3-9(10)15-16-17/h8,11,18-19H,3-7,14H2,1-2H3/t11-,12?,13?/m0/s1. The Morgan fingerprint density at radius 2 is 1.95 bits per heavy atom. The summed E-state index contributed by atoms with van der Waals surface area (Å²) in [6, 6.07) is 0.358. The molecule has 1 saturated carbocycles. The van der Waals surface area contributed by atoms with Crippen LogP contribution in [0.2, 0.25) is 0 Å². The molecule has 0 saturated heterocycles. The van der Waals surface area contributed by atoms with Gasteiger partial charge in [0.15, 0.2) is 0 Å². The molecule has 0 aliphatic heterocycles. The monoisotopic (exact) mass is 298 g/mol. The largest absolute Gasteiger partial charge is 0.330 e. The minimum atomic E-state index is -0.0236. The Balaban J connectivity index is 1.91. The van der Waals surface area contributed by atoms with Gasteiger partial charge in [-0.15, -0.1) is 5.10 Å². The zero-order chi connectivity index (χ0) is 13.8. The number of nitrogens with two attached hydrogens (primary N) is 1. The molecule has 4 nitrogen and oxygen atoms in total. The Labute approximate surface area is 125 Å². The SMILES string of the molecule is CC(C)n1nnc2c1CCC1(S)[C@@H](CN)C1(S)CC2. The van der Waals surface area contributed by atoms with E-state index < -0.39 is 0 Å². The quantitative estimate of drug-likeness (QED) is 0.728. The number of fused-ring (bicyclic) bond motifs is 2. The van der Waals surface area contributed by atoms with Crippen LogP contribution in [-0.4, -0.2) is 31.0 Å². The topological polar surface area (TPSA) is 56.7 Å². The highest BCUT2D eigenvalue weighted by atomic mass is 32.1. The number of thiol groups is 2. The molecule has 1 aromatic rings. The molecule has 0 spiro atoms. The maximum atomic E-state index is 5.89. The van der Waals surface area contributed by atoms with E-state index in [1.165, 1.54) is 5.69 Å². The smallest absolute Gasteiger partial charge is 0.0859 e. The molecule has 0 amide bonds.